The van der Waals surface area contributed by atoms with Crippen molar-refractivity contribution < 1.29 is 4.74 Å². The summed E-state index contributed by atoms with van der Waals surface area (Å²) < 4.78 is 8.06. The third kappa shape index (κ3) is 2.36. The van der Waals surface area contributed by atoms with Gasteiger partial charge in [0.2, 0.25) is 5.88 Å². The van der Waals surface area contributed by atoms with Crippen molar-refractivity contribution in [2.24, 2.45) is 7.05 Å². The van der Waals surface area contributed by atoms with Gasteiger partial charge in [0.25, 0.3) is 0 Å². The Morgan fingerprint density at radius 3 is 2.80 bits per heavy atom. The van der Waals surface area contributed by atoms with Crippen LogP contribution in [0.15, 0.2) is 29.1 Å². The quantitative estimate of drug-likeness (QED) is 0.840. The van der Waals surface area contributed by atoms with E-state index in [1.807, 2.05) is 20.0 Å². The van der Waals surface area contributed by atoms with Crippen molar-refractivity contribution in [3.8, 4) is 11.6 Å². The summed E-state index contributed by atoms with van der Waals surface area (Å²) in [5.74, 6) is 1.23. The summed E-state index contributed by atoms with van der Waals surface area (Å²) >= 11 is 3.40. The standard InChI is InChI=1S/C10H10BrN3O/c1-7-3-9(11)10(12-4-7)15-8-5-13-14(2)6-8/h3-6H,1-2H3. The highest BCUT2D eigenvalue weighted by atomic mass is 79.9. The second-order valence-electron chi connectivity index (χ2n) is 3.25. The average Bonchev–Trinajstić information content (AvgIpc) is 2.56. The third-order valence-electron chi connectivity index (χ3n) is 1.84. The van der Waals surface area contributed by atoms with E-state index in [0.717, 1.165) is 10.0 Å². The Kier molecular flexibility index (Phi) is 2.73. The number of aryl methyl sites for hydroxylation is 2. The molecule has 0 spiro atoms. The van der Waals surface area contributed by atoms with Gasteiger partial charge in [-0.25, -0.2) is 4.98 Å². The molecule has 78 valence electrons. The fourth-order valence-electron chi connectivity index (χ4n) is 1.16. The Balaban J connectivity index is 2.24. The summed E-state index contributed by atoms with van der Waals surface area (Å²) in [5.41, 5.74) is 1.08. The number of ether oxygens (including phenoxy) is 1. The predicted molar refractivity (Wildman–Crippen MR) is 60.0 cm³/mol. The largest absolute Gasteiger partial charge is 0.435 e. The molecule has 2 heterocycles. The number of hydrogen-bond acceptors (Lipinski definition) is 3. The van der Waals surface area contributed by atoms with Crippen LogP contribution in [0, 0.1) is 6.92 Å². The molecule has 2 rings (SSSR count). The zero-order chi connectivity index (χ0) is 10.8. The topological polar surface area (TPSA) is 39.9 Å². The van der Waals surface area contributed by atoms with E-state index in [4.69, 9.17) is 4.74 Å². The molecule has 0 radical (unpaired) electrons. The van der Waals surface area contributed by atoms with Gasteiger partial charge < -0.3 is 4.74 Å². The van der Waals surface area contributed by atoms with Gasteiger partial charge in [0.1, 0.15) is 0 Å². The summed E-state index contributed by atoms with van der Waals surface area (Å²) in [5, 5.41) is 4.01. The first-order valence-electron chi connectivity index (χ1n) is 4.44. The molecular weight excluding hydrogens is 258 g/mol. The van der Waals surface area contributed by atoms with E-state index in [1.54, 1.807) is 23.3 Å². The second kappa shape index (κ2) is 4.02. The molecule has 0 unspecified atom stereocenters. The predicted octanol–water partition coefficient (Wildman–Crippen LogP) is 2.68. The third-order valence-corrected chi connectivity index (χ3v) is 2.41. The molecular formula is C10H10BrN3O. The van der Waals surface area contributed by atoms with E-state index >= 15 is 0 Å². The van der Waals surface area contributed by atoms with Crippen LogP contribution < -0.4 is 4.74 Å². The molecule has 0 amide bonds. The van der Waals surface area contributed by atoms with Gasteiger partial charge in [-0.05, 0) is 34.5 Å². The summed E-state index contributed by atoms with van der Waals surface area (Å²) in [4.78, 5) is 4.18. The Bertz CT molecular complexity index is 481. The summed E-state index contributed by atoms with van der Waals surface area (Å²) in [6.45, 7) is 1.98. The fraction of sp³-hybridized carbons (Fsp3) is 0.200. The lowest BCUT2D eigenvalue weighted by Crippen LogP contribution is -1.89. The minimum atomic E-state index is 0.550. The zero-order valence-corrected chi connectivity index (χ0v) is 10.0. The van der Waals surface area contributed by atoms with Gasteiger partial charge in [0.15, 0.2) is 5.75 Å². The Morgan fingerprint density at radius 2 is 2.20 bits per heavy atom. The van der Waals surface area contributed by atoms with Crippen LogP contribution in [-0.4, -0.2) is 14.8 Å². The maximum Gasteiger partial charge on any atom is 0.233 e. The molecule has 0 saturated carbocycles. The molecule has 5 heteroatoms. The van der Waals surface area contributed by atoms with Gasteiger partial charge in [-0.3, -0.25) is 4.68 Å². The highest BCUT2D eigenvalue weighted by Crippen LogP contribution is 2.27. The molecule has 2 aromatic heterocycles. The van der Waals surface area contributed by atoms with Gasteiger partial charge in [-0.1, -0.05) is 0 Å². The molecule has 0 N–H and O–H groups in total. The van der Waals surface area contributed by atoms with Crippen molar-refractivity contribution in [3.05, 3.63) is 34.7 Å². The van der Waals surface area contributed by atoms with Crippen molar-refractivity contribution in [1.82, 2.24) is 14.8 Å². The SMILES string of the molecule is Cc1cnc(Oc2cnn(C)c2)c(Br)c1. The number of aromatic nitrogens is 3. The summed E-state index contributed by atoms with van der Waals surface area (Å²) in [7, 11) is 1.84. The molecule has 0 saturated heterocycles. The van der Waals surface area contributed by atoms with Crippen molar-refractivity contribution in [2.75, 3.05) is 0 Å². The van der Waals surface area contributed by atoms with Gasteiger partial charge in [0.05, 0.1) is 16.9 Å². The van der Waals surface area contributed by atoms with Crippen molar-refractivity contribution in [2.45, 2.75) is 6.92 Å². The molecule has 0 bridgehead atoms. The average molecular weight is 268 g/mol. The van der Waals surface area contributed by atoms with Crippen LogP contribution in [0.1, 0.15) is 5.56 Å². The first-order valence-corrected chi connectivity index (χ1v) is 5.23. The van der Waals surface area contributed by atoms with E-state index in [9.17, 15) is 0 Å². The van der Waals surface area contributed by atoms with Gasteiger partial charge >= 0.3 is 0 Å². The lowest BCUT2D eigenvalue weighted by Gasteiger charge is -2.04. The Labute approximate surface area is 96.0 Å². The fourth-order valence-corrected chi connectivity index (χ4v) is 1.70. The van der Waals surface area contributed by atoms with E-state index in [-0.39, 0.29) is 0 Å². The van der Waals surface area contributed by atoms with Crippen LogP contribution in [0.4, 0.5) is 0 Å². The molecule has 0 fully saturated rings. The van der Waals surface area contributed by atoms with Gasteiger partial charge in [-0.15, -0.1) is 0 Å². The van der Waals surface area contributed by atoms with Crippen molar-refractivity contribution in [1.29, 1.82) is 0 Å². The normalized spacial score (nSPS) is 10.3. The minimum absolute atomic E-state index is 0.550. The molecule has 2 aromatic rings. The maximum absolute atomic E-state index is 5.54. The van der Waals surface area contributed by atoms with Crippen molar-refractivity contribution >= 4 is 15.9 Å². The first kappa shape index (κ1) is 10.2. The first-order chi connectivity index (χ1) is 7.15. The maximum atomic E-state index is 5.54. The summed E-state index contributed by atoms with van der Waals surface area (Å²) in [6, 6.07) is 1.96. The van der Waals surface area contributed by atoms with E-state index < -0.39 is 0 Å². The summed E-state index contributed by atoms with van der Waals surface area (Å²) in [6.07, 6.45) is 5.19. The van der Waals surface area contributed by atoms with Crippen LogP contribution >= 0.6 is 15.9 Å². The number of nitrogens with zero attached hydrogens (tertiary/aromatic N) is 3. The van der Waals surface area contributed by atoms with E-state index in [1.165, 1.54) is 0 Å². The van der Waals surface area contributed by atoms with Gasteiger partial charge in [-0.2, -0.15) is 5.10 Å². The van der Waals surface area contributed by atoms with Crippen LogP contribution in [0.5, 0.6) is 11.6 Å². The van der Waals surface area contributed by atoms with Crippen LogP contribution in [0.3, 0.4) is 0 Å². The van der Waals surface area contributed by atoms with Gasteiger partial charge in [0, 0.05) is 13.2 Å². The molecule has 0 atom stereocenters. The molecule has 0 aliphatic carbocycles. The lowest BCUT2D eigenvalue weighted by atomic mass is 10.3. The van der Waals surface area contributed by atoms with E-state index in [0.29, 0.717) is 11.6 Å². The van der Waals surface area contributed by atoms with Crippen molar-refractivity contribution in [3.63, 3.8) is 0 Å². The number of halogens is 1. The molecule has 4 nitrogen and oxygen atoms in total. The van der Waals surface area contributed by atoms with Crippen LogP contribution in [-0.2, 0) is 7.05 Å². The molecule has 15 heavy (non-hydrogen) atoms. The highest BCUT2D eigenvalue weighted by molar-refractivity contribution is 9.10. The Morgan fingerprint density at radius 1 is 1.40 bits per heavy atom. The molecule has 0 aliphatic rings. The van der Waals surface area contributed by atoms with Crippen LogP contribution in [0.2, 0.25) is 0 Å². The lowest BCUT2D eigenvalue weighted by molar-refractivity contribution is 0.459. The zero-order valence-electron chi connectivity index (χ0n) is 8.44. The highest BCUT2D eigenvalue weighted by Gasteiger charge is 2.05. The van der Waals surface area contributed by atoms with E-state index in [2.05, 4.69) is 26.0 Å². The number of pyridine rings is 1. The van der Waals surface area contributed by atoms with Crippen LogP contribution in [0.25, 0.3) is 0 Å². The smallest absolute Gasteiger partial charge is 0.233 e. The number of hydrogen-bond donors (Lipinski definition) is 0. The Hall–Kier alpha value is -1.36. The number of rotatable bonds is 2. The molecule has 0 aromatic carbocycles. The molecule has 0 aliphatic heterocycles. The monoisotopic (exact) mass is 267 g/mol. The minimum Gasteiger partial charge on any atom is -0.435 e. The second-order valence-corrected chi connectivity index (χ2v) is 4.11.